The molecular weight excluding hydrogens is 396 g/mol. The van der Waals surface area contributed by atoms with Gasteiger partial charge in [-0.05, 0) is 31.0 Å². The topological polar surface area (TPSA) is 132 Å². The number of nitrogens with one attached hydrogen (secondary N) is 2. The van der Waals surface area contributed by atoms with Crippen molar-refractivity contribution >= 4 is 26.8 Å². The molecule has 3 rings (SSSR count). The fourth-order valence-electron chi connectivity index (χ4n) is 3.14. The normalized spacial score (nSPS) is 16.8. The molecule has 2 aromatic rings. The largest absolute Gasteiger partial charge is 0.376 e. The van der Waals surface area contributed by atoms with Crippen molar-refractivity contribution in [2.24, 2.45) is 0 Å². The van der Waals surface area contributed by atoms with Crippen molar-refractivity contribution in [3.05, 3.63) is 40.2 Å². The van der Waals surface area contributed by atoms with Gasteiger partial charge < -0.3 is 15.0 Å². The van der Waals surface area contributed by atoms with Crippen LogP contribution in [0.1, 0.15) is 29.6 Å². The third-order valence-corrected chi connectivity index (χ3v) is 6.71. The van der Waals surface area contributed by atoms with Gasteiger partial charge in [-0.25, -0.2) is 8.42 Å². The maximum absolute atomic E-state index is 12.8. The van der Waals surface area contributed by atoms with E-state index in [1.54, 1.807) is 0 Å². The Labute approximate surface area is 168 Å². The van der Waals surface area contributed by atoms with Gasteiger partial charge in [0.2, 0.25) is 15.5 Å². The number of pyridine rings is 1. The average molecular weight is 418 g/mol. The Balaban J connectivity index is 1.89. The summed E-state index contributed by atoms with van der Waals surface area (Å²) in [7, 11) is -2.49. The fourth-order valence-corrected chi connectivity index (χ4v) is 4.34. The second-order valence-corrected chi connectivity index (χ2v) is 8.86. The SMILES string of the molecule is CN(CCC#N)S(=O)(=O)c1ccc2[nH]cc(C(=O)NC[C@@H]3CCCO3)c(=O)c2c1. The highest BCUT2D eigenvalue weighted by molar-refractivity contribution is 7.89. The first-order valence-electron chi connectivity index (χ1n) is 9.23. The van der Waals surface area contributed by atoms with E-state index in [0.717, 1.165) is 17.1 Å². The number of benzene rings is 1. The first kappa shape index (κ1) is 21.0. The second-order valence-electron chi connectivity index (χ2n) is 6.82. The predicted octanol–water partition coefficient (Wildman–Crippen LogP) is 0.971. The van der Waals surface area contributed by atoms with Crippen LogP contribution in [0.25, 0.3) is 10.9 Å². The molecule has 0 spiro atoms. The highest BCUT2D eigenvalue weighted by Crippen LogP contribution is 2.19. The zero-order chi connectivity index (χ0) is 21.0. The number of carbonyl (C=O) groups excluding carboxylic acids is 1. The molecule has 154 valence electrons. The number of nitriles is 1. The van der Waals surface area contributed by atoms with Gasteiger partial charge in [-0.15, -0.1) is 0 Å². The quantitative estimate of drug-likeness (QED) is 0.689. The maximum atomic E-state index is 12.8. The number of ether oxygens (including phenoxy) is 1. The number of hydrogen-bond acceptors (Lipinski definition) is 6. The molecule has 1 aromatic carbocycles. The minimum absolute atomic E-state index is 0.0406. The molecule has 1 atom stereocenters. The molecule has 1 amide bonds. The van der Waals surface area contributed by atoms with E-state index in [1.807, 2.05) is 6.07 Å². The van der Waals surface area contributed by atoms with Crippen LogP contribution in [0.2, 0.25) is 0 Å². The van der Waals surface area contributed by atoms with E-state index in [0.29, 0.717) is 18.7 Å². The number of rotatable bonds is 7. The number of aromatic nitrogens is 1. The summed E-state index contributed by atoms with van der Waals surface area (Å²) in [5, 5.41) is 11.5. The van der Waals surface area contributed by atoms with Crippen LogP contribution in [0.5, 0.6) is 0 Å². The molecule has 0 bridgehead atoms. The standard InChI is InChI=1S/C19H22N4O5S/c1-23(8-3-7-20)29(26,27)14-5-6-17-15(10-14)18(24)16(12-21-17)19(25)22-11-13-4-2-9-28-13/h5-6,10,12-13H,2-4,8-9,11H2,1H3,(H,21,24)(H,22,25)/t13-/m0/s1. The van der Waals surface area contributed by atoms with Gasteiger partial charge in [-0.3, -0.25) is 9.59 Å². The molecule has 1 fully saturated rings. The third-order valence-electron chi connectivity index (χ3n) is 4.86. The number of H-pyrrole nitrogens is 1. The van der Waals surface area contributed by atoms with Crippen molar-refractivity contribution in [2.75, 3.05) is 26.7 Å². The molecule has 1 aromatic heterocycles. The van der Waals surface area contributed by atoms with Crippen LogP contribution < -0.4 is 10.7 Å². The Morgan fingerprint density at radius 2 is 2.24 bits per heavy atom. The van der Waals surface area contributed by atoms with E-state index in [-0.39, 0.29) is 34.9 Å². The second kappa shape index (κ2) is 8.73. The lowest BCUT2D eigenvalue weighted by Gasteiger charge is -2.16. The van der Waals surface area contributed by atoms with Crippen LogP contribution in [0, 0.1) is 11.3 Å². The number of amides is 1. The molecular formula is C19H22N4O5S. The number of aromatic amines is 1. The van der Waals surface area contributed by atoms with E-state index >= 15 is 0 Å². The Morgan fingerprint density at radius 3 is 2.93 bits per heavy atom. The smallest absolute Gasteiger partial charge is 0.256 e. The summed E-state index contributed by atoms with van der Waals surface area (Å²) in [6.07, 6.45) is 3.12. The molecule has 0 aliphatic carbocycles. The highest BCUT2D eigenvalue weighted by Gasteiger charge is 2.23. The van der Waals surface area contributed by atoms with Crippen LogP contribution in [-0.2, 0) is 14.8 Å². The van der Waals surface area contributed by atoms with Crippen molar-refractivity contribution < 1.29 is 17.9 Å². The zero-order valence-electron chi connectivity index (χ0n) is 16.0. The summed E-state index contributed by atoms with van der Waals surface area (Å²) < 4.78 is 31.9. The summed E-state index contributed by atoms with van der Waals surface area (Å²) >= 11 is 0. The minimum atomic E-state index is -3.86. The third kappa shape index (κ3) is 4.48. The van der Waals surface area contributed by atoms with Gasteiger partial charge in [-0.1, -0.05) is 0 Å². The lowest BCUT2D eigenvalue weighted by Crippen LogP contribution is -2.34. The van der Waals surface area contributed by atoms with E-state index in [1.165, 1.54) is 31.4 Å². The zero-order valence-corrected chi connectivity index (χ0v) is 16.8. The van der Waals surface area contributed by atoms with Crippen molar-refractivity contribution in [3.63, 3.8) is 0 Å². The molecule has 0 radical (unpaired) electrons. The lowest BCUT2D eigenvalue weighted by molar-refractivity contribution is 0.0857. The number of hydrogen-bond donors (Lipinski definition) is 2. The van der Waals surface area contributed by atoms with Crippen LogP contribution in [0.3, 0.4) is 0 Å². The Hall–Kier alpha value is -2.74. The molecule has 1 aliphatic heterocycles. The van der Waals surface area contributed by atoms with Gasteiger partial charge in [0.15, 0.2) is 0 Å². The van der Waals surface area contributed by atoms with Gasteiger partial charge in [-0.2, -0.15) is 9.57 Å². The van der Waals surface area contributed by atoms with Crippen LogP contribution >= 0.6 is 0 Å². The summed E-state index contributed by atoms with van der Waals surface area (Å²) in [6.45, 7) is 1.02. The fraction of sp³-hybridized carbons (Fsp3) is 0.421. The molecule has 0 saturated carbocycles. The summed E-state index contributed by atoms with van der Waals surface area (Å²) in [5.41, 5.74) is -0.229. The Kier molecular flexibility index (Phi) is 6.32. The summed E-state index contributed by atoms with van der Waals surface area (Å²) in [5.74, 6) is -0.539. The van der Waals surface area contributed by atoms with Gasteiger partial charge >= 0.3 is 0 Å². The molecule has 2 N–H and O–H groups in total. The highest BCUT2D eigenvalue weighted by atomic mass is 32.2. The number of carbonyl (C=O) groups is 1. The van der Waals surface area contributed by atoms with Crippen molar-refractivity contribution in [3.8, 4) is 6.07 Å². The number of nitrogens with zero attached hydrogens (tertiary/aromatic N) is 2. The van der Waals surface area contributed by atoms with Gasteiger partial charge in [0.25, 0.3) is 5.91 Å². The molecule has 1 saturated heterocycles. The average Bonchev–Trinajstić information content (AvgIpc) is 3.24. The molecule has 29 heavy (non-hydrogen) atoms. The van der Waals surface area contributed by atoms with Crippen LogP contribution in [0.4, 0.5) is 0 Å². The van der Waals surface area contributed by atoms with E-state index in [2.05, 4.69) is 10.3 Å². The summed E-state index contributed by atoms with van der Waals surface area (Å²) in [4.78, 5) is 28.0. The van der Waals surface area contributed by atoms with Crippen molar-refractivity contribution in [1.82, 2.24) is 14.6 Å². The lowest BCUT2D eigenvalue weighted by atomic mass is 10.1. The number of sulfonamides is 1. The monoisotopic (exact) mass is 418 g/mol. The predicted molar refractivity (Wildman–Crippen MR) is 106 cm³/mol. The van der Waals surface area contributed by atoms with Crippen LogP contribution in [0.15, 0.2) is 34.1 Å². The van der Waals surface area contributed by atoms with Crippen LogP contribution in [-0.4, -0.2) is 56.5 Å². The number of fused-ring (bicyclic) bond motifs is 1. The van der Waals surface area contributed by atoms with Crippen molar-refractivity contribution in [2.45, 2.75) is 30.3 Å². The van der Waals surface area contributed by atoms with E-state index in [4.69, 9.17) is 10.00 Å². The van der Waals surface area contributed by atoms with E-state index in [9.17, 15) is 18.0 Å². The molecule has 1 aliphatic rings. The first-order valence-corrected chi connectivity index (χ1v) is 10.7. The Bertz CT molecular complexity index is 1110. The summed E-state index contributed by atoms with van der Waals surface area (Å²) in [6, 6.07) is 6.02. The molecule has 9 nitrogen and oxygen atoms in total. The van der Waals surface area contributed by atoms with Crippen molar-refractivity contribution in [1.29, 1.82) is 5.26 Å². The minimum Gasteiger partial charge on any atom is -0.376 e. The van der Waals surface area contributed by atoms with E-state index < -0.39 is 21.4 Å². The first-order chi connectivity index (χ1) is 13.8. The molecule has 0 unspecified atom stereocenters. The Morgan fingerprint density at radius 1 is 1.45 bits per heavy atom. The van der Waals surface area contributed by atoms with Gasteiger partial charge in [0, 0.05) is 50.3 Å². The molecule has 2 heterocycles. The maximum Gasteiger partial charge on any atom is 0.256 e. The van der Waals surface area contributed by atoms with Gasteiger partial charge in [0.05, 0.1) is 17.1 Å². The molecule has 10 heteroatoms. The van der Waals surface area contributed by atoms with Gasteiger partial charge in [0.1, 0.15) is 5.56 Å².